The van der Waals surface area contributed by atoms with E-state index in [1.807, 2.05) is 12.2 Å². The molecule has 0 saturated carbocycles. The molecule has 0 bridgehead atoms. The zero-order valence-electron chi connectivity index (χ0n) is 10.5. The van der Waals surface area contributed by atoms with Crippen LogP contribution in [0.3, 0.4) is 0 Å². The fourth-order valence-electron chi connectivity index (χ4n) is 2.52. The molecule has 0 amide bonds. The zero-order chi connectivity index (χ0) is 11.9. The Bertz CT molecular complexity index is 513. The Morgan fingerprint density at radius 3 is 2.69 bits per heavy atom. The Morgan fingerprint density at radius 2 is 2.12 bits per heavy atom. The number of allylic oxidation sites excluding steroid dienone is 3. The van der Waals surface area contributed by atoms with Crippen molar-refractivity contribution in [3.8, 4) is 0 Å². The summed E-state index contributed by atoms with van der Waals surface area (Å²) in [6.07, 6.45) is 4.88. The lowest BCUT2D eigenvalue weighted by Gasteiger charge is -2.06. The lowest BCUT2D eigenvalue weighted by molar-refractivity contribution is 0.903. The van der Waals surface area contributed by atoms with Gasteiger partial charge in [-0.15, -0.1) is 0 Å². The molecule has 0 atom stereocenters. The van der Waals surface area contributed by atoms with Gasteiger partial charge in [0.25, 0.3) is 0 Å². The Hall–Kier alpha value is -1.57. The Labute approximate surface area is 97.0 Å². The van der Waals surface area contributed by atoms with Crippen molar-refractivity contribution in [3.05, 3.63) is 35.6 Å². The van der Waals surface area contributed by atoms with Crippen molar-refractivity contribution < 1.29 is 0 Å². The van der Waals surface area contributed by atoms with Crippen LogP contribution in [0.15, 0.2) is 23.7 Å². The molecule has 0 unspecified atom stereocenters. The molecule has 2 heteroatoms. The van der Waals surface area contributed by atoms with Gasteiger partial charge >= 0.3 is 0 Å². The van der Waals surface area contributed by atoms with Gasteiger partial charge in [-0.1, -0.05) is 18.7 Å². The van der Waals surface area contributed by atoms with Gasteiger partial charge in [-0.05, 0) is 31.9 Å². The van der Waals surface area contributed by atoms with Crippen LogP contribution >= 0.6 is 0 Å². The molecule has 0 saturated heterocycles. The predicted octanol–water partition coefficient (Wildman–Crippen LogP) is 3.57. The first-order chi connectivity index (χ1) is 7.56. The molecule has 2 heterocycles. The molecule has 1 aromatic heterocycles. The maximum atomic E-state index is 4.60. The van der Waals surface area contributed by atoms with Crippen molar-refractivity contribution in [1.82, 2.24) is 4.57 Å². The smallest absolute Gasteiger partial charge is 0.136 e. The Balaban J connectivity index is 2.62. The van der Waals surface area contributed by atoms with E-state index in [2.05, 4.69) is 44.0 Å². The van der Waals surface area contributed by atoms with Crippen LogP contribution in [0.2, 0.25) is 0 Å². The summed E-state index contributed by atoms with van der Waals surface area (Å²) < 4.78 is 2.19. The second kappa shape index (κ2) is 3.78. The largest absolute Gasteiger partial charge is 0.329 e. The minimum absolute atomic E-state index is 0.996. The van der Waals surface area contributed by atoms with Gasteiger partial charge in [-0.25, -0.2) is 4.99 Å². The quantitative estimate of drug-likeness (QED) is 0.670. The molecule has 84 valence electrons. The molecule has 0 N–H and O–H groups in total. The second-order valence-corrected chi connectivity index (χ2v) is 4.44. The number of rotatable bonds is 2. The highest BCUT2D eigenvalue weighted by Gasteiger charge is 2.22. The SMILES string of the molecule is C=C/C=C(/C)c1c(C)c2c(n1C)N=C(C)C2. The molecule has 2 rings (SSSR count). The van der Waals surface area contributed by atoms with Crippen molar-refractivity contribution in [3.63, 3.8) is 0 Å². The van der Waals surface area contributed by atoms with Gasteiger partial charge in [-0.2, -0.15) is 0 Å². The predicted molar refractivity (Wildman–Crippen MR) is 70.5 cm³/mol. The monoisotopic (exact) mass is 214 g/mol. The maximum Gasteiger partial charge on any atom is 0.136 e. The van der Waals surface area contributed by atoms with E-state index in [9.17, 15) is 0 Å². The molecular formula is C14H18N2. The van der Waals surface area contributed by atoms with Crippen molar-refractivity contribution in [2.75, 3.05) is 0 Å². The van der Waals surface area contributed by atoms with Crippen LogP contribution in [0, 0.1) is 6.92 Å². The summed E-state index contributed by atoms with van der Waals surface area (Å²) in [5, 5.41) is 0. The van der Waals surface area contributed by atoms with Crippen LogP contribution in [-0.4, -0.2) is 10.3 Å². The minimum atomic E-state index is 0.996. The zero-order valence-corrected chi connectivity index (χ0v) is 10.5. The maximum absolute atomic E-state index is 4.60. The van der Waals surface area contributed by atoms with Crippen LogP contribution in [0.1, 0.15) is 30.7 Å². The van der Waals surface area contributed by atoms with E-state index in [0.717, 1.165) is 12.2 Å². The van der Waals surface area contributed by atoms with Crippen LogP contribution in [-0.2, 0) is 13.5 Å². The molecule has 1 aromatic rings. The van der Waals surface area contributed by atoms with Gasteiger partial charge in [0, 0.05) is 30.4 Å². The number of aromatic nitrogens is 1. The summed E-state index contributed by atoms with van der Waals surface area (Å²) in [5.41, 5.74) is 6.47. The summed E-state index contributed by atoms with van der Waals surface area (Å²) in [4.78, 5) is 4.60. The topological polar surface area (TPSA) is 17.3 Å². The lowest BCUT2D eigenvalue weighted by Crippen LogP contribution is -1.97. The molecular weight excluding hydrogens is 196 g/mol. The molecule has 2 nitrogen and oxygen atoms in total. The first kappa shape index (κ1) is 10.9. The van der Waals surface area contributed by atoms with Crippen LogP contribution in [0.5, 0.6) is 0 Å². The highest BCUT2D eigenvalue weighted by molar-refractivity contribution is 5.93. The third-order valence-electron chi connectivity index (χ3n) is 3.20. The van der Waals surface area contributed by atoms with Crippen LogP contribution in [0.25, 0.3) is 5.57 Å². The molecule has 0 aliphatic carbocycles. The molecule has 0 aromatic carbocycles. The van der Waals surface area contributed by atoms with Crippen molar-refractivity contribution >= 4 is 17.1 Å². The van der Waals surface area contributed by atoms with Gasteiger partial charge in [0.15, 0.2) is 0 Å². The number of hydrogen-bond donors (Lipinski definition) is 0. The number of hydrogen-bond acceptors (Lipinski definition) is 1. The third kappa shape index (κ3) is 1.45. The van der Waals surface area contributed by atoms with Crippen molar-refractivity contribution in [1.29, 1.82) is 0 Å². The average Bonchev–Trinajstić information content (AvgIpc) is 2.68. The van der Waals surface area contributed by atoms with E-state index in [1.54, 1.807) is 0 Å². The fraction of sp³-hybridized carbons (Fsp3) is 0.357. The molecule has 1 aliphatic rings. The van der Waals surface area contributed by atoms with Gasteiger partial charge < -0.3 is 4.57 Å². The molecule has 16 heavy (non-hydrogen) atoms. The number of aliphatic imine (C=N–C) groups is 1. The minimum Gasteiger partial charge on any atom is -0.329 e. The van der Waals surface area contributed by atoms with Crippen molar-refractivity contribution in [2.24, 2.45) is 12.0 Å². The Kier molecular flexibility index (Phi) is 2.58. The second-order valence-electron chi connectivity index (χ2n) is 4.44. The van der Waals surface area contributed by atoms with E-state index in [-0.39, 0.29) is 0 Å². The number of nitrogens with zero attached hydrogens (tertiary/aromatic N) is 2. The van der Waals surface area contributed by atoms with Crippen LogP contribution < -0.4 is 0 Å². The van der Waals surface area contributed by atoms with E-state index < -0.39 is 0 Å². The normalized spacial score (nSPS) is 15.0. The molecule has 1 aliphatic heterocycles. The van der Waals surface area contributed by atoms with Gasteiger partial charge in [-0.3, -0.25) is 0 Å². The van der Waals surface area contributed by atoms with Crippen molar-refractivity contribution in [2.45, 2.75) is 27.2 Å². The van der Waals surface area contributed by atoms with Crippen LogP contribution in [0.4, 0.5) is 5.82 Å². The highest BCUT2D eigenvalue weighted by atomic mass is 15.1. The summed E-state index contributed by atoms with van der Waals surface area (Å²) >= 11 is 0. The lowest BCUT2D eigenvalue weighted by atomic mass is 10.0. The summed E-state index contributed by atoms with van der Waals surface area (Å²) in [6, 6.07) is 0. The first-order valence-corrected chi connectivity index (χ1v) is 5.58. The van der Waals surface area contributed by atoms with Gasteiger partial charge in [0.05, 0.1) is 0 Å². The Morgan fingerprint density at radius 1 is 1.44 bits per heavy atom. The number of fused-ring (bicyclic) bond motifs is 1. The highest BCUT2D eigenvalue weighted by Crippen LogP contribution is 2.36. The molecule has 0 spiro atoms. The first-order valence-electron chi connectivity index (χ1n) is 5.58. The van der Waals surface area contributed by atoms with E-state index in [1.165, 1.54) is 28.1 Å². The van der Waals surface area contributed by atoms with Gasteiger partial charge in [0.2, 0.25) is 0 Å². The standard InChI is InChI=1S/C14H18N2/c1-6-7-9(2)13-11(4)12-8-10(3)15-14(12)16(13)5/h6-7H,1,8H2,2-5H3/b9-7-. The molecule has 0 fully saturated rings. The fourth-order valence-corrected chi connectivity index (χ4v) is 2.52. The molecule has 0 radical (unpaired) electrons. The van der Waals surface area contributed by atoms with E-state index in [4.69, 9.17) is 0 Å². The van der Waals surface area contributed by atoms with Gasteiger partial charge in [0.1, 0.15) is 5.82 Å². The van der Waals surface area contributed by atoms with E-state index >= 15 is 0 Å². The van der Waals surface area contributed by atoms with E-state index in [0.29, 0.717) is 0 Å². The summed E-state index contributed by atoms with van der Waals surface area (Å²) in [6.45, 7) is 10.1. The average molecular weight is 214 g/mol. The third-order valence-corrected chi connectivity index (χ3v) is 3.20. The summed E-state index contributed by atoms with van der Waals surface area (Å²) in [7, 11) is 2.09. The summed E-state index contributed by atoms with van der Waals surface area (Å²) in [5.74, 6) is 1.13.